The van der Waals surface area contributed by atoms with E-state index in [0.717, 1.165) is 12.0 Å². The Balaban J connectivity index is 0.00000133. The fourth-order valence-corrected chi connectivity index (χ4v) is 2.50. The van der Waals surface area contributed by atoms with Gasteiger partial charge in [-0.05, 0) is 26.7 Å². The van der Waals surface area contributed by atoms with Crippen LogP contribution < -0.4 is 0 Å². The van der Waals surface area contributed by atoms with E-state index in [0.29, 0.717) is 23.3 Å². The number of carbonyl (C=O) groups excluding carboxylic acids is 2. The molecule has 1 aromatic carbocycles. The number of hydrogen-bond donors (Lipinski definition) is 0. The molecule has 3 heteroatoms. The van der Waals surface area contributed by atoms with Gasteiger partial charge in [-0.1, -0.05) is 31.7 Å². The number of fused-ring (bicyclic) bond motifs is 2. The molecule has 3 rings (SSSR count). The monoisotopic (exact) mass is 258 g/mol. The van der Waals surface area contributed by atoms with Crippen molar-refractivity contribution in [3.05, 3.63) is 41.0 Å². The lowest BCUT2D eigenvalue weighted by atomic mass is 9.82. The maximum atomic E-state index is 12.0. The molecule has 0 atom stereocenters. The third-order valence-corrected chi connectivity index (χ3v) is 3.53. The molecule has 1 heterocycles. The number of benzene rings is 1. The van der Waals surface area contributed by atoms with Gasteiger partial charge in [0.05, 0.1) is 0 Å². The summed E-state index contributed by atoms with van der Waals surface area (Å²) in [6.07, 6.45) is 1.37. The zero-order valence-corrected chi connectivity index (χ0v) is 10.4. The lowest BCUT2D eigenvalue weighted by Gasteiger charge is -2.36. The van der Waals surface area contributed by atoms with E-state index in [1.807, 2.05) is 26.0 Å². The largest absolute Gasteiger partial charge is 0.487 e. The lowest BCUT2D eigenvalue weighted by Crippen LogP contribution is -2.34. The topological polar surface area (TPSA) is 43.4 Å². The minimum atomic E-state index is -0.410. The first-order chi connectivity index (χ1) is 8.49. The van der Waals surface area contributed by atoms with Crippen molar-refractivity contribution in [3.63, 3.8) is 0 Å². The second kappa shape index (κ2) is 4.34. The summed E-state index contributed by atoms with van der Waals surface area (Å²) in [4.78, 5) is 24.0. The van der Waals surface area contributed by atoms with Crippen molar-refractivity contribution in [2.45, 2.75) is 39.7 Å². The summed E-state index contributed by atoms with van der Waals surface area (Å²) in [5.41, 5.74) is 1.47. The number of hydrogen-bond acceptors (Lipinski definition) is 3. The van der Waals surface area contributed by atoms with Crippen LogP contribution in [0.2, 0.25) is 0 Å². The van der Waals surface area contributed by atoms with Crippen LogP contribution in [0.15, 0.2) is 29.8 Å². The van der Waals surface area contributed by atoms with Gasteiger partial charge >= 0.3 is 0 Å². The van der Waals surface area contributed by atoms with Crippen LogP contribution in [0.1, 0.15) is 50.0 Å². The summed E-state index contributed by atoms with van der Waals surface area (Å²) in [5.74, 6) is -0.210. The van der Waals surface area contributed by atoms with Gasteiger partial charge in [0.2, 0.25) is 11.6 Å². The van der Waals surface area contributed by atoms with Crippen molar-refractivity contribution in [2.75, 3.05) is 0 Å². The maximum absolute atomic E-state index is 12.0. The molecule has 0 saturated carbocycles. The number of Topliss-reactive ketones (excluding diaryl/α,β-unsaturated/α-hetero) is 2. The zero-order chi connectivity index (χ0) is 12.9. The second-order valence-corrected chi connectivity index (χ2v) is 5.37. The Labute approximate surface area is 113 Å². The maximum Gasteiger partial charge on any atom is 0.234 e. The molecule has 3 nitrogen and oxygen atoms in total. The summed E-state index contributed by atoms with van der Waals surface area (Å²) in [5, 5.41) is 0. The third-order valence-electron chi connectivity index (χ3n) is 3.53. The summed E-state index contributed by atoms with van der Waals surface area (Å²) in [6.45, 7) is 4.00. The Morgan fingerprint density at radius 3 is 2.37 bits per heavy atom. The Hall–Kier alpha value is -1.90. The smallest absolute Gasteiger partial charge is 0.234 e. The molecule has 0 radical (unpaired) electrons. The van der Waals surface area contributed by atoms with E-state index in [1.54, 1.807) is 12.1 Å². The van der Waals surface area contributed by atoms with Gasteiger partial charge in [0, 0.05) is 16.7 Å². The highest BCUT2D eigenvalue weighted by molar-refractivity contribution is 6.52. The molecule has 0 fully saturated rings. The molecule has 0 amide bonds. The van der Waals surface area contributed by atoms with E-state index in [4.69, 9.17) is 4.74 Å². The SMILES string of the molecule is C.CC1(C)CCC2=C(O1)c1ccccc1C(=O)C2=O. The van der Waals surface area contributed by atoms with E-state index in [9.17, 15) is 9.59 Å². The molecule has 1 aromatic rings. The normalized spacial score (nSPS) is 20.1. The fraction of sp³-hybridized carbons (Fsp3) is 0.375. The van der Waals surface area contributed by atoms with E-state index < -0.39 is 11.6 Å². The summed E-state index contributed by atoms with van der Waals surface area (Å²) in [6, 6.07) is 7.15. The minimum absolute atomic E-state index is 0. The molecule has 0 N–H and O–H groups in total. The first-order valence-corrected chi connectivity index (χ1v) is 6.10. The summed E-state index contributed by atoms with van der Waals surface area (Å²) < 4.78 is 5.93. The van der Waals surface area contributed by atoms with Crippen LogP contribution in [0.3, 0.4) is 0 Å². The molecule has 0 aromatic heterocycles. The Kier molecular flexibility index (Phi) is 3.09. The molecule has 2 aliphatic rings. The molecule has 100 valence electrons. The molecule has 0 unspecified atom stereocenters. The van der Waals surface area contributed by atoms with Crippen LogP contribution >= 0.6 is 0 Å². The predicted octanol–water partition coefficient (Wildman–Crippen LogP) is 3.39. The van der Waals surface area contributed by atoms with Crippen molar-refractivity contribution in [1.29, 1.82) is 0 Å². The number of rotatable bonds is 0. The highest BCUT2D eigenvalue weighted by Crippen LogP contribution is 2.40. The van der Waals surface area contributed by atoms with Gasteiger partial charge < -0.3 is 4.74 Å². The first kappa shape index (κ1) is 13.5. The third kappa shape index (κ3) is 1.99. The molecule has 0 saturated heterocycles. The van der Waals surface area contributed by atoms with Gasteiger partial charge in [-0.15, -0.1) is 0 Å². The highest BCUT2D eigenvalue weighted by Gasteiger charge is 2.39. The average molecular weight is 258 g/mol. The van der Waals surface area contributed by atoms with Crippen molar-refractivity contribution in [1.82, 2.24) is 0 Å². The van der Waals surface area contributed by atoms with E-state index in [1.165, 1.54) is 0 Å². The summed E-state index contributed by atoms with van der Waals surface area (Å²) >= 11 is 0. The molecule has 1 aliphatic heterocycles. The average Bonchev–Trinajstić information content (AvgIpc) is 2.35. The predicted molar refractivity (Wildman–Crippen MR) is 73.8 cm³/mol. The van der Waals surface area contributed by atoms with E-state index in [-0.39, 0.29) is 13.0 Å². The molecule has 0 spiro atoms. The van der Waals surface area contributed by atoms with Gasteiger partial charge in [-0.3, -0.25) is 9.59 Å². The van der Waals surface area contributed by atoms with Crippen LogP contribution in [-0.4, -0.2) is 17.2 Å². The molecule has 1 aliphatic carbocycles. The molecule has 19 heavy (non-hydrogen) atoms. The van der Waals surface area contributed by atoms with Gasteiger partial charge in [0.1, 0.15) is 11.4 Å². The van der Waals surface area contributed by atoms with Crippen molar-refractivity contribution in [3.8, 4) is 0 Å². The number of allylic oxidation sites excluding steroid dienone is 1. The number of ether oxygens (including phenoxy) is 1. The lowest BCUT2D eigenvalue weighted by molar-refractivity contribution is -0.112. The van der Waals surface area contributed by atoms with Crippen LogP contribution in [-0.2, 0) is 9.53 Å². The van der Waals surface area contributed by atoms with Crippen LogP contribution in [0.25, 0.3) is 5.76 Å². The molecular formula is C16H18O3. The Morgan fingerprint density at radius 2 is 1.68 bits per heavy atom. The zero-order valence-electron chi connectivity index (χ0n) is 10.4. The van der Waals surface area contributed by atoms with Gasteiger partial charge in [0.15, 0.2) is 0 Å². The van der Waals surface area contributed by atoms with E-state index in [2.05, 4.69) is 0 Å². The minimum Gasteiger partial charge on any atom is -0.487 e. The Bertz CT molecular complexity index is 594. The summed E-state index contributed by atoms with van der Waals surface area (Å²) in [7, 11) is 0. The van der Waals surface area contributed by atoms with Crippen LogP contribution in [0.5, 0.6) is 0 Å². The molecule has 0 bridgehead atoms. The fourth-order valence-electron chi connectivity index (χ4n) is 2.50. The van der Waals surface area contributed by atoms with Gasteiger partial charge in [0.25, 0.3) is 0 Å². The quantitative estimate of drug-likeness (QED) is 0.670. The number of ketones is 2. The van der Waals surface area contributed by atoms with Crippen LogP contribution in [0, 0.1) is 0 Å². The van der Waals surface area contributed by atoms with Crippen LogP contribution in [0.4, 0.5) is 0 Å². The highest BCUT2D eigenvalue weighted by atomic mass is 16.5. The van der Waals surface area contributed by atoms with E-state index >= 15 is 0 Å². The van der Waals surface area contributed by atoms with Crippen molar-refractivity contribution in [2.24, 2.45) is 0 Å². The standard InChI is InChI=1S/C15H14O3.CH4/c1-15(2)8-7-11-13(17)12(16)9-5-3-4-6-10(9)14(11)18-15;/h3-6H,7-8H2,1-2H3;1H4. The van der Waals surface area contributed by atoms with Gasteiger partial charge in [-0.25, -0.2) is 0 Å². The van der Waals surface area contributed by atoms with Crippen molar-refractivity contribution >= 4 is 17.3 Å². The first-order valence-electron chi connectivity index (χ1n) is 6.10. The Morgan fingerprint density at radius 1 is 1.05 bits per heavy atom. The second-order valence-electron chi connectivity index (χ2n) is 5.37. The van der Waals surface area contributed by atoms with Crippen molar-refractivity contribution < 1.29 is 14.3 Å². The molecular weight excluding hydrogens is 240 g/mol. The number of carbonyl (C=O) groups is 2. The van der Waals surface area contributed by atoms with Gasteiger partial charge in [-0.2, -0.15) is 0 Å².